The van der Waals surface area contributed by atoms with Gasteiger partial charge >= 0.3 is 5.97 Å². The number of carbonyl (C=O) groups excluding carboxylic acids is 1. The van der Waals surface area contributed by atoms with Gasteiger partial charge in [0.1, 0.15) is 11.5 Å². The first-order chi connectivity index (χ1) is 15.7. The van der Waals surface area contributed by atoms with Gasteiger partial charge in [0.15, 0.2) is 0 Å². The molecule has 0 aromatic heterocycles. The average molecular weight is 463 g/mol. The van der Waals surface area contributed by atoms with Crippen LogP contribution in [-0.4, -0.2) is 33.0 Å². The molecule has 33 heavy (non-hydrogen) atoms. The Balaban J connectivity index is 2.01. The number of hydrogen-bond donors (Lipinski definition) is 0. The lowest BCUT2D eigenvalue weighted by Gasteiger charge is -2.45. The number of nitriles is 1. The lowest BCUT2D eigenvalue weighted by atomic mass is 9.60. The van der Waals surface area contributed by atoms with Crippen molar-refractivity contribution in [3.05, 3.63) is 71.4 Å². The summed E-state index contributed by atoms with van der Waals surface area (Å²) in [6.45, 7) is 9.96. The number of benzene rings is 2. The van der Waals surface area contributed by atoms with Gasteiger partial charge in [-0.3, -0.25) is 4.21 Å². The van der Waals surface area contributed by atoms with E-state index in [0.717, 1.165) is 16.7 Å². The lowest BCUT2D eigenvalue weighted by Crippen LogP contribution is -2.51. The summed E-state index contributed by atoms with van der Waals surface area (Å²) in [5, 5.41) is 10.1. The molecule has 0 bridgehead atoms. The molecule has 2 aliphatic heterocycles. The van der Waals surface area contributed by atoms with Crippen molar-refractivity contribution >= 4 is 22.8 Å². The summed E-state index contributed by atoms with van der Waals surface area (Å²) >= 11 is 0. The van der Waals surface area contributed by atoms with Gasteiger partial charge in [0, 0.05) is 11.1 Å². The molecule has 2 aromatic rings. The van der Waals surface area contributed by atoms with Crippen molar-refractivity contribution < 1.29 is 13.7 Å². The van der Waals surface area contributed by atoms with E-state index < -0.39 is 44.9 Å². The van der Waals surface area contributed by atoms with Gasteiger partial charge < -0.3 is 9.64 Å². The number of nitrogens with zero attached hydrogens (tertiary/aromatic N) is 2. The Labute approximate surface area is 198 Å². The molecule has 0 radical (unpaired) electrons. The Bertz CT molecular complexity index is 1160. The van der Waals surface area contributed by atoms with Crippen molar-refractivity contribution in [3.63, 3.8) is 0 Å². The van der Waals surface area contributed by atoms with Crippen LogP contribution in [-0.2, 0) is 20.3 Å². The molecule has 1 fully saturated rings. The third-order valence-corrected chi connectivity index (χ3v) is 8.77. The maximum absolute atomic E-state index is 14.3. The van der Waals surface area contributed by atoms with E-state index in [1.807, 2.05) is 93.4 Å². The van der Waals surface area contributed by atoms with Gasteiger partial charge in [0.2, 0.25) is 0 Å². The van der Waals surface area contributed by atoms with Crippen LogP contribution in [0.4, 0.5) is 0 Å². The molecule has 2 aliphatic rings. The van der Waals surface area contributed by atoms with E-state index in [1.54, 1.807) is 6.92 Å². The molecule has 0 amide bonds. The standard InChI is InChI=1S/C27H30N2O3S/c1-6-32-25(30)22-24(33(31)20-13-11-18(2)12-14-20)27(17-28,26(3,4)5)23-21-10-8-7-9-19(21)15-16-29(22)23/h7-16,22-24H,6H2,1-5H3/t22-,23+,24+,27+,33+/m1/s1. The van der Waals surface area contributed by atoms with Crippen LogP contribution in [0.15, 0.2) is 59.6 Å². The Hall–Kier alpha value is -2.91. The second kappa shape index (κ2) is 8.46. The molecule has 1 saturated heterocycles. The highest BCUT2D eigenvalue weighted by Crippen LogP contribution is 2.62. The predicted molar refractivity (Wildman–Crippen MR) is 129 cm³/mol. The summed E-state index contributed by atoms with van der Waals surface area (Å²) in [7, 11) is -1.63. The summed E-state index contributed by atoms with van der Waals surface area (Å²) in [6.07, 6.45) is 3.83. The molecule has 0 saturated carbocycles. The summed E-state index contributed by atoms with van der Waals surface area (Å²) in [4.78, 5) is 15.9. The predicted octanol–water partition coefficient (Wildman–Crippen LogP) is 5.00. The van der Waals surface area contributed by atoms with E-state index in [4.69, 9.17) is 4.74 Å². The Morgan fingerprint density at radius 1 is 1.18 bits per heavy atom. The molecule has 6 heteroatoms. The molecular weight excluding hydrogens is 432 g/mol. The lowest BCUT2D eigenvalue weighted by molar-refractivity contribution is -0.147. The van der Waals surface area contributed by atoms with E-state index >= 15 is 0 Å². The molecule has 4 rings (SSSR count). The highest BCUT2D eigenvalue weighted by Gasteiger charge is 2.69. The van der Waals surface area contributed by atoms with Crippen molar-refractivity contribution in [3.8, 4) is 6.07 Å². The van der Waals surface area contributed by atoms with Gasteiger partial charge in [0.05, 0.1) is 34.8 Å². The minimum Gasteiger partial charge on any atom is -0.464 e. The van der Waals surface area contributed by atoms with Crippen LogP contribution in [0.1, 0.15) is 50.4 Å². The summed E-state index contributed by atoms with van der Waals surface area (Å²) < 4.78 is 19.7. The monoisotopic (exact) mass is 462 g/mol. The molecule has 0 N–H and O–H groups in total. The Kier molecular flexibility index (Phi) is 5.96. The second-order valence-electron chi connectivity index (χ2n) is 9.75. The molecule has 0 aliphatic carbocycles. The molecule has 0 spiro atoms. The number of rotatable bonds is 4. The van der Waals surface area contributed by atoms with Gasteiger partial charge in [-0.25, -0.2) is 4.79 Å². The molecule has 2 aromatic carbocycles. The van der Waals surface area contributed by atoms with E-state index in [-0.39, 0.29) is 6.61 Å². The largest absolute Gasteiger partial charge is 0.464 e. The number of carbonyl (C=O) groups is 1. The summed E-state index contributed by atoms with van der Waals surface area (Å²) in [6, 6.07) is 16.8. The third kappa shape index (κ3) is 3.50. The average Bonchev–Trinajstić information content (AvgIpc) is 3.11. The smallest absolute Gasteiger partial charge is 0.330 e. The Morgan fingerprint density at radius 2 is 1.85 bits per heavy atom. The van der Waals surface area contributed by atoms with Gasteiger partial charge in [-0.05, 0) is 48.6 Å². The fraction of sp³-hybridized carbons (Fsp3) is 0.407. The number of ether oxygens (including phenoxy) is 1. The third-order valence-electron chi connectivity index (χ3n) is 6.94. The number of hydrogen-bond acceptors (Lipinski definition) is 5. The number of esters is 1. The van der Waals surface area contributed by atoms with E-state index in [9.17, 15) is 14.3 Å². The first-order valence-corrected chi connectivity index (χ1v) is 12.5. The maximum atomic E-state index is 14.3. The Morgan fingerprint density at radius 3 is 2.45 bits per heavy atom. The van der Waals surface area contributed by atoms with Crippen LogP contribution in [0.3, 0.4) is 0 Å². The van der Waals surface area contributed by atoms with E-state index in [1.165, 1.54) is 0 Å². The quantitative estimate of drug-likeness (QED) is 0.598. The van der Waals surface area contributed by atoms with Crippen LogP contribution < -0.4 is 0 Å². The molecule has 5 nitrogen and oxygen atoms in total. The van der Waals surface area contributed by atoms with Crippen molar-refractivity contribution in [2.75, 3.05) is 6.61 Å². The van der Waals surface area contributed by atoms with Gasteiger partial charge in [-0.1, -0.05) is 62.7 Å². The summed E-state index contributed by atoms with van der Waals surface area (Å²) in [5.74, 6) is -0.446. The molecule has 172 valence electrons. The van der Waals surface area contributed by atoms with Gasteiger partial charge in [-0.15, -0.1) is 0 Å². The first-order valence-electron chi connectivity index (χ1n) is 11.3. The topological polar surface area (TPSA) is 70.4 Å². The number of fused-ring (bicyclic) bond motifs is 3. The molecule has 2 heterocycles. The van der Waals surface area contributed by atoms with Crippen LogP contribution in [0.25, 0.3) is 6.08 Å². The van der Waals surface area contributed by atoms with Crippen LogP contribution in [0.5, 0.6) is 0 Å². The minimum atomic E-state index is -1.63. The molecule has 5 atom stereocenters. The van der Waals surface area contributed by atoms with Crippen LogP contribution in [0, 0.1) is 29.1 Å². The fourth-order valence-electron chi connectivity index (χ4n) is 5.33. The molecule has 0 unspecified atom stereocenters. The number of aryl methyl sites for hydroxylation is 1. The normalized spacial score (nSPS) is 26.8. The van der Waals surface area contributed by atoms with E-state index in [0.29, 0.717) is 4.90 Å². The zero-order valence-electron chi connectivity index (χ0n) is 19.7. The van der Waals surface area contributed by atoms with Crippen LogP contribution >= 0.6 is 0 Å². The molecular formula is C27H30N2O3S. The van der Waals surface area contributed by atoms with Crippen molar-refractivity contribution in [2.24, 2.45) is 10.8 Å². The highest BCUT2D eigenvalue weighted by atomic mass is 32.2. The first kappa shape index (κ1) is 23.3. The van der Waals surface area contributed by atoms with Gasteiger partial charge in [0.25, 0.3) is 0 Å². The van der Waals surface area contributed by atoms with Gasteiger partial charge in [-0.2, -0.15) is 5.26 Å². The SMILES string of the molecule is CCOC(=O)[C@H]1[C@H]([S@@](=O)c2ccc(C)cc2)[C@@](C#N)(C(C)(C)C)[C@@H]2c3ccccc3C=CN21. The van der Waals surface area contributed by atoms with E-state index in [2.05, 4.69) is 6.07 Å². The fourth-order valence-corrected chi connectivity index (χ4v) is 7.38. The van der Waals surface area contributed by atoms with Crippen LogP contribution in [0.2, 0.25) is 0 Å². The zero-order chi connectivity index (χ0) is 24.0. The zero-order valence-corrected chi connectivity index (χ0v) is 20.6. The van der Waals surface area contributed by atoms with Crippen molar-refractivity contribution in [1.29, 1.82) is 5.26 Å². The van der Waals surface area contributed by atoms with Crippen molar-refractivity contribution in [1.82, 2.24) is 4.90 Å². The highest BCUT2D eigenvalue weighted by molar-refractivity contribution is 7.85. The second-order valence-corrected chi connectivity index (χ2v) is 11.3. The van der Waals surface area contributed by atoms with Crippen molar-refractivity contribution in [2.45, 2.75) is 56.8 Å². The minimum absolute atomic E-state index is 0.215. The summed E-state index contributed by atoms with van der Waals surface area (Å²) in [5.41, 5.74) is 1.32. The maximum Gasteiger partial charge on any atom is 0.330 e.